The van der Waals surface area contributed by atoms with Crippen LogP contribution in [0.25, 0.3) is 10.9 Å². The molecule has 1 heterocycles. The van der Waals surface area contributed by atoms with E-state index in [-0.39, 0.29) is 11.9 Å². The van der Waals surface area contributed by atoms with Crippen molar-refractivity contribution in [2.45, 2.75) is 6.61 Å². The first-order valence-corrected chi connectivity index (χ1v) is 7.46. The van der Waals surface area contributed by atoms with Gasteiger partial charge in [-0.3, -0.25) is 15.1 Å². The van der Waals surface area contributed by atoms with E-state index >= 15 is 0 Å². The number of guanidine groups is 1. The summed E-state index contributed by atoms with van der Waals surface area (Å²) in [4.78, 5) is 16.3. The standard InChI is InChI=1S/C18H18N4O2/c1-22(18(19)20)17(23)16-9-13-7-8-14(10-15(13)21-16)24-11-12-5-3-2-4-6-12/h2-10,21H,11H2,1H3,(H3,19,20). The van der Waals surface area contributed by atoms with Crippen LogP contribution in [-0.2, 0) is 6.61 Å². The van der Waals surface area contributed by atoms with E-state index in [2.05, 4.69) is 4.98 Å². The van der Waals surface area contributed by atoms with Gasteiger partial charge in [-0.1, -0.05) is 30.3 Å². The second-order valence-corrected chi connectivity index (χ2v) is 5.46. The molecule has 1 amide bonds. The maximum atomic E-state index is 12.2. The Morgan fingerprint density at radius 1 is 1.21 bits per heavy atom. The minimum atomic E-state index is -0.356. The average Bonchev–Trinajstić information content (AvgIpc) is 3.02. The second-order valence-electron chi connectivity index (χ2n) is 5.46. The monoisotopic (exact) mass is 322 g/mol. The molecular formula is C18H18N4O2. The van der Waals surface area contributed by atoms with Crippen molar-refractivity contribution >= 4 is 22.8 Å². The van der Waals surface area contributed by atoms with Crippen molar-refractivity contribution in [2.24, 2.45) is 5.73 Å². The minimum Gasteiger partial charge on any atom is -0.489 e. The number of aromatic amines is 1. The molecule has 0 saturated carbocycles. The average molecular weight is 322 g/mol. The summed E-state index contributed by atoms with van der Waals surface area (Å²) in [5.41, 5.74) is 7.60. The van der Waals surface area contributed by atoms with E-state index in [9.17, 15) is 4.79 Å². The van der Waals surface area contributed by atoms with Gasteiger partial charge < -0.3 is 15.5 Å². The smallest absolute Gasteiger partial charge is 0.276 e. The lowest BCUT2D eigenvalue weighted by Gasteiger charge is -2.12. The molecule has 0 atom stereocenters. The molecule has 0 spiro atoms. The molecule has 1 aromatic heterocycles. The zero-order chi connectivity index (χ0) is 17.1. The molecule has 0 radical (unpaired) electrons. The van der Waals surface area contributed by atoms with E-state index in [1.165, 1.54) is 7.05 Å². The van der Waals surface area contributed by atoms with Crippen molar-refractivity contribution in [1.82, 2.24) is 9.88 Å². The van der Waals surface area contributed by atoms with Crippen LogP contribution in [0.4, 0.5) is 0 Å². The highest BCUT2D eigenvalue weighted by Gasteiger charge is 2.16. The number of ether oxygens (including phenoxy) is 1. The van der Waals surface area contributed by atoms with Gasteiger partial charge in [0.1, 0.15) is 18.1 Å². The van der Waals surface area contributed by atoms with Gasteiger partial charge in [0.2, 0.25) is 0 Å². The molecule has 24 heavy (non-hydrogen) atoms. The maximum absolute atomic E-state index is 12.2. The van der Waals surface area contributed by atoms with Gasteiger partial charge in [-0.15, -0.1) is 0 Å². The molecule has 0 unspecified atom stereocenters. The summed E-state index contributed by atoms with van der Waals surface area (Å²) < 4.78 is 5.79. The summed E-state index contributed by atoms with van der Waals surface area (Å²) in [6, 6.07) is 17.2. The number of rotatable bonds is 4. The third kappa shape index (κ3) is 3.22. The summed E-state index contributed by atoms with van der Waals surface area (Å²) >= 11 is 0. The summed E-state index contributed by atoms with van der Waals surface area (Å²) in [5.74, 6) is 0.0584. The fourth-order valence-corrected chi connectivity index (χ4v) is 2.34. The van der Waals surface area contributed by atoms with Crippen molar-refractivity contribution < 1.29 is 9.53 Å². The lowest BCUT2D eigenvalue weighted by molar-refractivity contribution is 0.0864. The van der Waals surface area contributed by atoms with Gasteiger partial charge in [-0.2, -0.15) is 0 Å². The summed E-state index contributed by atoms with van der Waals surface area (Å²) in [6.45, 7) is 0.478. The Bertz CT molecular complexity index is 886. The Balaban J connectivity index is 1.79. The molecule has 3 rings (SSSR count). The molecule has 0 saturated heterocycles. The van der Waals surface area contributed by atoms with Crippen LogP contribution in [0.5, 0.6) is 5.75 Å². The van der Waals surface area contributed by atoms with E-state index in [4.69, 9.17) is 15.9 Å². The minimum absolute atomic E-state index is 0.300. The number of aromatic nitrogens is 1. The van der Waals surface area contributed by atoms with E-state index in [0.717, 1.165) is 21.4 Å². The van der Waals surface area contributed by atoms with Crippen LogP contribution in [0, 0.1) is 5.41 Å². The van der Waals surface area contributed by atoms with Crippen LogP contribution in [-0.4, -0.2) is 28.8 Å². The molecule has 0 aliphatic rings. The van der Waals surface area contributed by atoms with Crippen molar-refractivity contribution in [2.75, 3.05) is 7.05 Å². The number of nitrogens with zero attached hydrogens (tertiary/aromatic N) is 1. The largest absolute Gasteiger partial charge is 0.489 e. The maximum Gasteiger partial charge on any atom is 0.276 e. The fourth-order valence-electron chi connectivity index (χ4n) is 2.34. The molecule has 3 aromatic rings. The van der Waals surface area contributed by atoms with Gasteiger partial charge in [0.25, 0.3) is 5.91 Å². The van der Waals surface area contributed by atoms with Crippen LogP contribution in [0.15, 0.2) is 54.6 Å². The number of amides is 1. The summed E-state index contributed by atoms with van der Waals surface area (Å²) in [6.07, 6.45) is 0. The first-order valence-electron chi connectivity index (χ1n) is 7.46. The van der Waals surface area contributed by atoms with Gasteiger partial charge in [0, 0.05) is 24.0 Å². The Morgan fingerprint density at radius 2 is 1.96 bits per heavy atom. The number of fused-ring (bicyclic) bond motifs is 1. The molecule has 122 valence electrons. The summed E-state index contributed by atoms with van der Waals surface area (Å²) in [7, 11) is 1.46. The van der Waals surface area contributed by atoms with E-state index < -0.39 is 0 Å². The van der Waals surface area contributed by atoms with E-state index in [1.54, 1.807) is 6.07 Å². The molecular weight excluding hydrogens is 304 g/mol. The number of nitrogens with two attached hydrogens (primary N) is 1. The van der Waals surface area contributed by atoms with Crippen LogP contribution in [0.1, 0.15) is 16.1 Å². The van der Waals surface area contributed by atoms with Gasteiger partial charge in [-0.05, 0) is 23.8 Å². The van der Waals surface area contributed by atoms with Gasteiger partial charge in [-0.25, -0.2) is 0 Å². The Morgan fingerprint density at radius 3 is 2.67 bits per heavy atom. The number of carbonyl (C=O) groups excluding carboxylic acids is 1. The first kappa shape index (κ1) is 15.6. The van der Waals surface area contributed by atoms with Crippen LogP contribution in [0.3, 0.4) is 0 Å². The predicted molar refractivity (Wildman–Crippen MR) is 93.1 cm³/mol. The number of hydrogen-bond acceptors (Lipinski definition) is 3. The molecule has 0 bridgehead atoms. The van der Waals surface area contributed by atoms with Gasteiger partial charge in [0.15, 0.2) is 5.96 Å². The topological polar surface area (TPSA) is 95.2 Å². The molecule has 0 aliphatic heterocycles. The van der Waals surface area contributed by atoms with Crippen molar-refractivity contribution in [3.05, 3.63) is 65.9 Å². The molecule has 6 heteroatoms. The quantitative estimate of drug-likeness (QED) is 0.509. The lowest BCUT2D eigenvalue weighted by atomic mass is 10.2. The number of carbonyl (C=O) groups is 1. The number of hydrogen-bond donors (Lipinski definition) is 3. The van der Waals surface area contributed by atoms with Crippen LogP contribution < -0.4 is 10.5 Å². The number of benzene rings is 2. The molecule has 4 N–H and O–H groups in total. The Labute approximate surface area is 139 Å². The number of nitrogens with one attached hydrogen (secondary N) is 2. The number of H-pyrrole nitrogens is 1. The molecule has 0 aliphatic carbocycles. The van der Waals surface area contributed by atoms with E-state index in [1.807, 2.05) is 48.5 Å². The third-order valence-electron chi connectivity index (χ3n) is 3.74. The van der Waals surface area contributed by atoms with Crippen LogP contribution >= 0.6 is 0 Å². The van der Waals surface area contributed by atoms with Crippen molar-refractivity contribution in [3.8, 4) is 5.75 Å². The van der Waals surface area contributed by atoms with Gasteiger partial charge in [0.05, 0.1) is 0 Å². The summed E-state index contributed by atoms with van der Waals surface area (Å²) in [5, 5.41) is 8.23. The van der Waals surface area contributed by atoms with E-state index in [0.29, 0.717) is 18.1 Å². The predicted octanol–water partition coefficient (Wildman–Crippen LogP) is 2.71. The first-order chi connectivity index (χ1) is 11.5. The molecule has 2 aromatic carbocycles. The molecule has 6 nitrogen and oxygen atoms in total. The normalized spacial score (nSPS) is 10.5. The fraction of sp³-hybridized carbons (Fsp3) is 0.111. The highest BCUT2D eigenvalue weighted by molar-refractivity contribution is 6.05. The Kier molecular flexibility index (Phi) is 4.20. The van der Waals surface area contributed by atoms with Crippen molar-refractivity contribution in [1.29, 1.82) is 5.41 Å². The SMILES string of the molecule is CN(C(=N)N)C(=O)c1cc2ccc(OCc3ccccc3)cc2[nH]1. The van der Waals surface area contributed by atoms with Crippen molar-refractivity contribution in [3.63, 3.8) is 0 Å². The zero-order valence-corrected chi connectivity index (χ0v) is 13.2. The zero-order valence-electron chi connectivity index (χ0n) is 13.2. The highest BCUT2D eigenvalue weighted by atomic mass is 16.5. The van der Waals surface area contributed by atoms with Gasteiger partial charge >= 0.3 is 0 Å². The highest BCUT2D eigenvalue weighted by Crippen LogP contribution is 2.22. The lowest BCUT2D eigenvalue weighted by Crippen LogP contribution is -2.38. The third-order valence-corrected chi connectivity index (χ3v) is 3.74. The Hall–Kier alpha value is -3.28. The van der Waals surface area contributed by atoms with Crippen LogP contribution in [0.2, 0.25) is 0 Å². The second kappa shape index (κ2) is 6.45. The molecule has 0 fully saturated rings.